The largest absolute Gasteiger partial charge is 0.345 e. The Morgan fingerprint density at radius 2 is 1.41 bits per heavy atom. The number of amides is 2. The van der Waals surface area contributed by atoms with Gasteiger partial charge < -0.3 is 10.6 Å². The Morgan fingerprint density at radius 3 is 2.04 bits per heavy atom. The summed E-state index contributed by atoms with van der Waals surface area (Å²) in [4.78, 5) is 25.2. The molecule has 2 amide bonds. The fourth-order valence-corrected chi connectivity index (χ4v) is 3.54. The maximum absolute atomic E-state index is 13.2. The number of nitrogens with one attached hydrogen (secondary N) is 2. The van der Waals surface area contributed by atoms with E-state index < -0.39 is 5.92 Å². The topological polar surface area (TPSA) is 58.2 Å². The van der Waals surface area contributed by atoms with E-state index in [1.54, 1.807) is 0 Å². The van der Waals surface area contributed by atoms with Crippen molar-refractivity contribution in [1.29, 1.82) is 0 Å². The standard InChI is InChI=1S/C23H20N2O2/c26-21-15-19(18-13-7-8-14-20(18)24-21)23(27)25-22(16-9-3-1-4-10-16)17-11-5-2-6-12-17/h1-14,19,22H,15H2,(H,24,26)(H,25,27). The molecular formula is C23H20N2O2. The molecule has 1 unspecified atom stereocenters. The van der Waals surface area contributed by atoms with Crippen molar-refractivity contribution in [3.63, 3.8) is 0 Å². The summed E-state index contributed by atoms with van der Waals surface area (Å²) < 4.78 is 0. The molecule has 1 heterocycles. The quantitative estimate of drug-likeness (QED) is 0.742. The first-order valence-electron chi connectivity index (χ1n) is 9.01. The Bertz CT molecular complexity index is 915. The predicted molar refractivity (Wildman–Crippen MR) is 105 cm³/mol. The molecule has 0 saturated heterocycles. The lowest BCUT2D eigenvalue weighted by Gasteiger charge is -2.27. The second kappa shape index (κ2) is 7.46. The van der Waals surface area contributed by atoms with E-state index in [9.17, 15) is 9.59 Å². The van der Waals surface area contributed by atoms with Crippen LogP contribution in [0.2, 0.25) is 0 Å². The van der Waals surface area contributed by atoms with Crippen LogP contribution < -0.4 is 10.6 Å². The molecule has 4 nitrogen and oxygen atoms in total. The fraction of sp³-hybridized carbons (Fsp3) is 0.130. The number of benzene rings is 3. The maximum atomic E-state index is 13.2. The molecule has 0 aliphatic carbocycles. The van der Waals surface area contributed by atoms with Crippen LogP contribution in [0.3, 0.4) is 0 Å². The molecular weight excluding hydrogens is 336 g/mol. The zero-order valence-electron chi connectivity index (χ0n) is 14.8. The highest BCUT2D eigenvalue weighted by Crippen LogP contribution is 2.33. The van der Waals surface area contributed by atoms with Crippen molar-refractivity contribution in [2.45, 2.75) is 18.4 Å². The molecule has 0 fully saturated rings. The van der Waals surface area contributed by atoms with E-state index in [4.69, 9.17) is 0 Å². The average molecular weight is 356 g/mol. The van der Waals surface area contributed by atoms with E-state index in [0.29, 0.717) is 5.69 Å². The number of hydrogen-bond donors (Lipinski definition) is 2. The van der Waals surface area contributed by atoms with Crippen LogP contribution in [-0.4, -0.2) is 11.8 Å². The van der Waals surface area contributed by atoms with Gasteiger partial charge in [-0.3, -0.25) is 9.59 Å². The normalized spacial score (nSPS) is 15.7. The first-order chi connectivity index (χ1) is 13.2. The summed E-state index contributed by atoms with van der Waals surface area (Å²) in [6.07, 6.45) is 0.152. The van der Waals surface area contributed by atoms with E-state index in [2.05, 4.69) is 10.6 Å². The molecule has 1 aliphatic heterocycles. The van der Waals surface area contributed by atoms with Gasteiger partial charge in [-0.2, -0.15) is 0 Å². The highest BCUT2D eigenvalue weighted by atomic mass is 16.2. The van der Waals surface area contributed by atoms with Crippen LogP contribution in [0, 0.1) is 0 Å². The molecule has 0 radical (unpaired) electrons. The fourth-order valence-electron chi connectivity index (χ4n) is 3.54. The third-order valence-electron chi connectivity index (χ3n) is 4.87. The maximum Gasteiger partial charge on any atom is 0.228 e. The molecule has 27 heavy (non-hydrogen) atoms. The van der Waals surface area contributed by atoms with Gasteiger partial charge in [-0.05, 0) is 22.8 Å². The highest BCUT2D eigenvalue weighted by Gasteiger charge is 2.32. The summed E-state index contributed by atoms with van der Waals surface area (Å²) in [6, 6.07) is 27.0. The second-order valence-electron chi connectivity index (χ2n) is 6.66. The van der Waals surface area contributed by atoms with Crippen molar-refractivity contribution in [3.05, 3.63) is 102 Å². The molecule has 0 saturated carbocycles. The minimum Gasteiger partial charge on any atom is -0.345 e. The summed E-state index contributed by atoms with van der Waals surface area (Å²) in [6.45, 7) is 0. The van der Waals surface area contributed by atoms with Crippen LogP contribution in [0.1, 0.15) is 35.1 Å². The van der Waals surface area contributed by atoms with Crippen LogP contribution >= 0.6 is 0 Å². The molecule has 3 aromatic rings. The molecule has 1 aliphatic rings. The van der Waals surface area contributed by atoms with Crippen LogP contribution in [0.15, 0.2) is 84.9 Å². The summed E-state index contributed by atoms with van der Waals surface area (Å²) in [5.41, 5.74) is 3.58. The van der Waals surface area contributed by atoms with Crippen LogP contribution in [0.25, 0.3) is 0 Å². The minimum absolute atomic E-state index is 0.134. The van der Waals surface area contributed by atoms with Crippen molar-refractivity contribution in [1.82, 2.24) is 5.32 Å². The Labute approximate surface area is 158 Å². The van der Waals surface area contributed by atoms with Crippen LogP contribution in [-0.2, 0) is 9.59 Å². The van der Waals surface area contributed by atoms with Crippen molar-refractivity contribution in [2.24, 2.45) is 0 Å². The zero-order valence-corrected chi connectivity index (χ0v) is 14.8. The molecule has 3 aromatic carbocycles. The lowest BCUT2D eigenvalue weighted by molar-refractivity contribution is -0.126. The van der Waals surface area contributed by atoms with Gasteiger partial charge in [0.2, 0.25) is 11.8 Å². The zero-order chi connectivity index (χ0) is 18.6. The van der Waals surface area contributed by atoms with E-state index in [0.717, 1.165) is 16.7 Å². The monoisotopic (exact) mass is 356 g/mol. The van der Waals surface area contributed by atoms with Crippen LogP contribution in [0.4, 0.5) is 5.69 Å². The van der Waals surface area contributed by atoms with Gasteiger partial charge in [-0.25, -0.2) is 0 Å². The highest BCUT2D eigenvalue weighted by molar-refractivity contribution is 6.01. The third-order valence-corrected chi connectivity index (χ3v) is 4.87. The minimum atomic E-state index is -0.495. The Hall–Kier alpha value is -3.40. The molecule has 0 spiro atoms. The number of hydrogen-bond acceptors (Lipinski definition) is 2. The SMILES string of the molecule is O=C1CC(C(=O)NC(c2ccccc2)c2ccccc2)c2ccccc2N1. The molecule has 4 rings (SSSR count). The van der Waals surface area contributed by atoms with Crippen molar-refractivity contribution in [3.8, 4) is 0 Å². The lowest BCUT2D eigenvalue weighted by Crippen LogP contribution is -2.37. The number of para-hydroxylation sites is 1. The van der Waals surface area contributed by atoms with Gasteiger partial charge in [-0.15, -0.1) is 0 Å². The van der Waals surface area contributed by atoms with E-state index in [1.165, 1.54) is 0 Å². The Morgan fingerprint density at radius 1 is 0.852 bits per heavy atom. The average Bonchev–Trinajstić information content (AvgIpc) is 2.72. The number of carbonyl (C=O) groups excluding carboxylic acids is 2. The van der Waals surface area contributed by atoms with Crippen LogP contribution in [0.5, 0.6) is 0 Å². The number of fused-ring (bicyclic) bond motifs is 1. The van der Waals surface area contributed by atoms with Crippen molar-refractivity contribution >= 4 is 17.5 Å². The lowest BCUT2D eigenvalue weighted by atomic mass is 9.89. The number of carbonyl (C=O) groups is 2. The smallest absolute Gasteiger partial charge is 0.228 e. The summed E-state index contributed by atoms with van der Waals surface area (Å²) in [7, 11) is 0. The van der Waals surface area contributed by atoms with E-state index in [-0.39, 0.29) is 24.3 Å². The van der Waals surface area contributed by atoms with E-state index in [1.807, 2.05) is 84.9 Å². The Kier molecular flexibility index (Phi) is 4.71. The van der Waals surface area contributed by atoms with Crippen molar-refractivity contribution in [2.75, 3.05) is 5.32 Å². The first kappa shape index (κ1) is 17.0. The van der Waals surface area contributed by atoms with Gasteiger partial charge in [0.1, 0.15) is 0 Å². The summed E-state index contributed by atoms with van der Waals surface area (Å²) in [5, 5.41) is 6.00. The van der Waals surface area contributed by atoms with Gasteiger partial charge >= 0.3 is 0 Å². The van der Waals surface area contributed by atoms with Gasteiger partial charge in [0.05, 0.1) is 12.0 Å². The van der Waals surface area contributed by atoms with E-state index >= 15 is 0 Å². The van der Waals surface area contributed by atoms with Crippen molar-refractivity contribution < 1.29 is 9.59 Å². The molecule has 1 atom stereocenters. The number of anilines is 1. The molecule has 0 aromatic heterocycles. The first-order valence-corrected chi connectivity index (χ1v) is 9.01. The van der Waals surface area contributed by atoms with Gasteiger partial charge in [-0.1, -0.05) is 78.9 Å². The molecule has 2 N–H and O–H groups in total. The second-order valence-corrected chi connectivity index (χ2v) is 6.66. The Balaban J connectivity index is 1.66. The van der Waals surface area contributed by atoms with Gasteiger partial charge in [0, 0.05) is 12.1 Å². The summed E-state index contributed by atoms with van der Waals surface area (Å²) >= 11 is 0. The number of rotatable bonds is 4. The molecule has 0 bridgehead atoms. The molecule has 4 heteroatoms. The van der Waals surface area contributed by atoms with Gasteiger partial charge in [0.15, 0.2) is 0 Å². The van der Waals surface area contributed by atoms with Gasteiger partial charge in [0.25, 0.3) is 0 Å². The molecule has 134 valence electrons. The third kappa shape index (κ3) is 3.60. The summed E-state index contributed by atoms with van der Waals surface area (Å²) in [5.74, 6) is -0.773. The predicted octanol–water partition coefficient (Wildman–Crippen LogP) is 4.02.